The van der Waals surface area contributed by atoms with Gasteiger partial charge in [0.25, 0.3) is 0 Å². The van der Waals surface area contributed by atoms with E-state index < -0.39 is 17.9 Å². The maximum Gasteiger partial charge on any atom is 0.105 e. The van der Waals surface area contributed by atoms with Crippen LogP contribution >= 0.6 is 0 Å². The van der Waals surface area contributed by atoms with Crippen molar-refractivity contribution in [2.75, 3.05) is 0 Å². The predicted molar refractivity (Wildman–Crippen MR) is 81.4 cm³/mol. The largest absolute Gasteiger partial charge is 0.335 e. The van der Waals surface area contributed by atoms with E-state index in [1.807, 2.05) is 0 Å². The first-order chi connectivity index (χ1) is 6.99. The normalized spacial score (nSPS) is 17.2. The molecule has 0 bridgehead atoms. The molecule has 0 aliphatic rings. The van der Waals surface area contributed by atoms with E-state index in [0.29, 0.717) is 11.1 Å². The summed E-state index contributed by atoms with van der Waals surface area (Å²) in [6, 6.07) is 2.85. The van der Waals surface area contributed by atoms with Crippen molar-refractivity contribution in [2.24, 2.45) is 0 Å². The molecule has 0 aliphatic carbocycles. The van der Waals surface area contributed by atoms with Gasteiger partial charge < -0.3 is 9.96 Å². The summed E-state index contributed by atoms with van der Waals surface area (Å²) in [4.78, 5) is 7.54. The quantitative estimate of drug-likeness (QED) is 0.742. The van der Waals surface area contributed by atoms with Gasteiger partial charge in [-0.3, -0.25) is 0 Å². The molecular formula is C12H32N2Si2. The van der Waals surface area contributed by atoms with E-state index in [2.05, 4.69) is 64.6 Å². The van der Waals surface area contributed by atoms with Crippen LogP contribution < -0.4 is 9.96 Å². The molecule has 2 unspecified atom stereocenters. The maximum atomic E-state index is 3.77. The zero-order chi connectivity index (χ0) is 13.0. The first-order valence-corrected chi connectivity index (χ1v) is 11.6. The second kappa shape index (κ2) is 6.33. The van der Waals surface area contributed by atoms with E-state index in [9.17, 15) is 0 Å². The minimum atomic E-state index is -0.706. The standard InChI is InChI=1S/C12H32N2Si2/c1-11(2,3)13-15(7)9-10-16(8)14-12(4,5)6/h13-16H,9-10H2,1-8H3. The Morgan fingerprint density at radius 2 is 0.938 bits per heavy atom. The number of hydrogen-bond acceptors (Lipinski definition) is 2. The fraction of sp³-hybridized carbons (Fsp3) is 1.00. The summed E-state index contributed by atoms with van der Waals surface area (Å²) in [5.74, 6) is 0. The predicted octanol–water partition coefficient (Wildman–Crippen LogP) is 2.47. The lowest BCUT2D eigenvalue weighted by atomic mass is 10.1. The average Bonchev–Trinajstić information content (AvgIpc) is 1.94. The number of rotatable bonds is 5. The van der Waals surface area contributed by atoms with Crippen LogP contribution in [0.25, 0.3) is 0 Å². The molecule has 4 heteroatoms. The smallest absolute Gasteiger partial charge is 0.105 e. The van der Waals surface area contributed by atoms with E-state index in [4.69, 9.17) is 0 Å². The van der Waals surface area contributed by atoms with Gasteiger partial charge in [-0.25, -0.2) is 0 Å². The van der Waals surface area contributed by atoms with Crippen LogP contribution in [-0.2, 0) is 0 Å². The fourth-order valence-electron chi connectivity index (χ4n) is 2.12. The third-order valence-corrected chi connectivity index (χ3v) is 8.17. The van der Waals surface area contributed by atoms with Crippen LogP contribution in [0.2, 0.25) is 25.2 Å². The van der Waals surface area contributed by atoms with Crippen molar-refractivity contribution in [1.82, 2.24) is 9.96 Å². The molecule has 0 radical (unpaired) electrons. The van der Waals surface area contributed by atoms with Gasteiger partial charge >= 0.3 is 0 Å². The van der Waals surface area contributed by atoms with Crippen LogP contribution in [0.15, 0.2) is 0 Å². The summed E-state index contributed by atoms with van der Waals surface area (Å²) in [5, 5.41) is 0. The van der Waals surface area contributed by atoms with Crippen molar-refractivity contribution in [3.63, 3.8) is 0 Å². The van der Waals surface area contributed by atoms with Gasteiger partial charge in [0.15, 0.2) is 0 Å². The Bertz CT molecular complexity index is 172. The molecule has 0 aliphatic heterocycles. The number of nitrogens with one attached hydrogen (secondary N) is 2. The topological polar surface area (TPSA) is 24.1 Å². The minimum Gasteiger partial charge on any atom is -0.335 e. The van der Waals surface area contributed by atoms with Gasteiger partial charge in [0, 0.05) is 11.1 Å². The van der Waals surface area contributed by atoms with Crippen LogP contribution in [0, 0.1) is 0 Å². The molecule has 0 aromatic heterocycles. The van der Waals surface area contributed by atoms with Crippen molar-refractivity contribution >= 4 is 17.9 Å². The average molecular weight is 261 g/mol. The third kappa shape index (κ3) is 10.9. The second-order valence-electron chi connectivity index (χ2n) is 7.17. The van der Waals surface area contributed by atoms with Crippen molar-refractivity contribution in [3.05, 3.63) is 0 Å². The van der Waals surface area contributed by atoms with Crippen LogP contribution in [0.3, 0.4) is 0 Å². The molecule has 0 saturated heterocycles. The minimum absolute atomic E-state index is 0.299. The second-order valence-corrected chi connectivity index (χ2v) is 12.5. The SMILES string of the molecule is C[SiH](CC[SiH](C)NC(C)(C)C)NC(C)(C)C. The Morgan fingerprint density at radius 3 is 1.12 bits per heavy atom. The van der Waals surface area contributed by atoms with E-state index in [-0.39, 0.29) is 0 Å². The van der Waals surface area contributed by atoms with Crippen LogP contribution in [-0.4, -0.2) is 29.0 Å². The fourth-order valence-corrected chi connectivity index (χ4v) is 9.37. The lowest BCUT2D eigenvalue weighted by Crippen LogP contribution is -2.48. The highest BCUT2D eigenvalue weighted by Crippen LogP contribution is 2.08. The van der Waals surface area contributed by atoms with Crippen molar-refractivity contribution in [2.45, 2.75) is 77.8 Å². The maximum absolute atomic E-state index is 3.77. The van der Waals surface area contributed by atoms with Gasteiger partial charge in [0.05, 0.1) is 0 Å². The van der Waals surface area contributed by atoms with Gasteiger partial charge in [-0.05, 0) is 53.6 Å². The molecule has 0 rings (SSSR count). The van der Waals surface area contributed by atoms with E-state index >= 15 is 0 Å². The Hall–Kier alpha value is 0.354. The Labute approximate surface area is 106 Å². The van der Waals surface area contributed by atoms with Gasteiger partial charge in [-0.2, -0.15) is 0 Å². The Morgan fingerprint density at radius 1 is 0.688 bits per heavy atom. The zero-order valence-corrected chi connectivity index (χ0v) is 14.9. The first kappa shape index (κ1) is 16.4. The summed E-state index contributed by atoms with van der Waals surface area (Å²) in [6.45, 7) is 18.5. The van der Waals surface area contributed by atoms with Gasteiger partial charge in [-0.1, -0.05) is 13.1 Å². The highest BCUT2D eigenvalue weighted by molar-refractivity contribution is 6.60. The molecule has 0 saturated carbocycles. The van der Waals surface area contributed by atoms with Crippen molar-refractivity contribution < 1.29 is 0 Å². The van der Waals surface area contributed by atoms with E-state index in [1.54, 1.807) is 0 Å². The first-order valence-electron chi connectivity index (χ1n) is 6.55. The molecule has 2 N–H and O–H groups in total. The molecule has 0 aromatic carbocycles. The molecule has 0 spiro atoms. The molecule has 16 heavy (non-hydrogen) atoms. The number of hydrogen-bond donors (Lipinski definition) is 2. The summed E-state index contributed by atoms with van der Waals surface area (Å²) >= 11 is 0. The summed E-state index contributed by atoms with van der Waals surface area (Å²) in [6.07, 6.45) is 0. The summed E-state index contributed by atoms with van der Waals surface area (Å²) in [5.41, 5.74) is 0.599. The Balaban J connectivity index is 3.80. The van der Waals surface area contributed by atoms with E-state index in [1.165, 1.54) is 12.1 Å². The molecule has 2 nitrogen and oxygen atoms in total. The van der Waals surface area contributed by atoms with Gasteiger partial charge in [-0.15, -0.1) is 0 Å². The van der Waals surface area contributed by atoms with E-state index in [0.717, 1.165) is 0 Å². The van der Waals surface area contributed by atoms with Crippen molar-refractivity contribution in [1.29, 1.82) is 0 Å². The monoisotopic (exact) mass is 260 g/mol. The van der Waals surface area contributed by atoms with Crippen LogP contribution in [0.1, 0.15) is 41.5 Å². The molecule has 0 amide bonds. The molecule has 0 fully saturated rings. The Kier molecular flexibility index (Phi) is 6.47. The van der Waals surface area contributed by atoms with Crippen LogP contribution in [0.4, 0.5) is 0 Å². The lowest BCUT2D eigenvalue weighted by Gasteiger charge is -2.28. The zero-order valence-electron chi connectivity index (χ0n) is 12.6. The highest BCUT2D eigenvalue weighted by atomic mass is 28.3. The molecule has 0 aromatic rings. The molecule has 0 heterocycles. The summed E-state index contributed by atoms with van der Waals surface area (Å²) < 4.78 is 0. The molecule has 98 valence electrons. The molecular weight excluding hydrogens is 228 g/mol. The third-order valence-electron chi connectivity index (χ3n) is 2.39. The summed E-state index contributed by atoms with van der Waals surface area (Å²) in [7, 11) is -1.41. The van der Waals surface area contributed by atoms with Crippen molar-refractivity contribution in [3.8, 4) is 0 Å². The lowest BCUT2D eigenvalue weighted by molar-refractivity contribution is 0.514. The molecule has 2 atom stereocenters. The van der Waals surface area contributed by atoms with Crippen LogP contribution in [0.5, 0.6) is 0 Å². The highest BCUT2D eigenvalue weighted by Gasteiger charge is 2.18. The van der Waals surface area contributed by atoms with Gasteiger partial charge in [0.1, 0.15) is 17.9 Å². The van der Waals surface area contributed by atoms with Gasteiger partial charge in [0.2, 0.25) is 0 Å².